The fourth-order valence-electron chi connectivity index (χ4n) is 0.732. The maximum atomic E-state index is 10.1. The molecule has 0 radical (unpaired) electrons. The molecule has 0 atom stereocenters. The van der Waals surface area contributed by atoms with Crippen molar-refractivity contribution < 1.29 is 9.90 Å². The number of aliphatic carboxylic acids is 1. The molecule has 0 saturated carbocycles. The number of carbonyl (C=O) groups is 1. The van der Waals surface area contributed by atoms with E-state index in [0.29, 0.717) is 0 Å². The van der Waals surface area contributed by atoms with E-state index in [1.807, 2.05) is 30.3 Å². The van der Waals surface area contributed by atoms with E-state index in [2.05, 4.69) is 0 Å². The van der Waals surface area contributed by atoms with E-state index < -0.39 is 5.97 Å². The van der Waals surface area contributed by atoms with Crippen LogP contribution in [-0.4, -0.2) is 11.1 Å². The molecule has 56 valence electrons. The van der Waals surface area contributed by atoms with Crippen molar-refractivity contribution in [1.29, 1.82) is 0 Å². The van der Waals surface area contributed by atoms with Crippen LogP contribution in [0.3, 0.4) is 0 Å². The molecule has 2 heteroatoms. The van der Waals surface area contributed by atoms with Gasteiger partial charge in [-0.05, 0) is 11.6 Å². The monoisotopic (exact) mass is 149 g/mol. The Balaban J connectivity index is 2.72. The van der Waals surface area contributed by atoms with E-state index in [1.54, 1.807) is 6.08 Å². The van der Waals surface area contributed by atoms with Gasteiger partial charge in [-0.2, -0.15) is 0 Å². The van der Waals surface area contributed by atoms with Gasteiger partial charge in [-0.25, -0.2) is 4.79 Å². The molecule has 0 bridgehead atoms. The molecule has 0 saturated heterocycles. The maximum Gasteiger partial charge on any atom is 0.328 e. The van der Waals surface area contributed by atoms with Crippen LogP contribution in [0.5, 0.6) is 0 Å². The van der Waals surface area contributed by atoms with E-state index in [4.69, 9.17) is 5.11 Å². The summed E-state index contributed by atoms with van der Waals surface area (Å²) in [4.78, 5) is 10.1. The minimum absolute atomic E-state index is 0.898. The first-order chi connectivity index (χ1) is 5.29. The van der Waals surface area contributed by atoms with Crippen LogP contribution < -0.4 is 0 Å². The standard InChI is InChI=1S/C9H8O2/c10-9(11)7-6-8-4-2-1-3-5-8/h1-7H,(H,10,11)/b7-6+/i7+1. The summed E-state index contributed by atoms with van der Waals surface area (Å²) in [5, 5.41) is 8.29. The van der Waals surface area contributed by atoms with Crippen molar-refractivity contribution in [3.05, 3.63) is 42.0 Å². The molecule has 0 aliphatic rings. The van der Waals surface area contributed by atoms with Gasteiger partial charge in [0, 0.05) is 6.08 Å². The second-order valence-electron chi connectivity index (χ2n) is 2.08. The predicted molar refractivity (Wildman–Crippen MR) is 43.1 cm³/mol. The average molecular weight is 149 g/mol. The Morgan fingerprint density at radius 3 is 2.45 bits per heavy atom. The molecule has 0 aromatic heterocycles. The van der Waals surface area contributed by atoms with Gasteiger partial charge >= 0.3 is 5.97 Å². The molecule has 0 spiro atoms. The second kappa shape index (κ2) is 3.56. The highest BCUT2D eigenvalue weighted by Crippen LogP contribution is 1.99. The highest BCUT2D eigenvalue weighted by atomic mass is 16.4. The Hall–Kier alpha value is -1.57. The fraction of sp³-hybridized carbons (Fsp3) is 0. The largest absolute Gasteiger partial charge is 0.478 e. The number of carboxylic acid groups (broad SMARTS) is 1. The van der Waals surface area contributed by atoms with Crippen LogP contribution in [0, 0.1) is 0 Å². The van der Waals surface area contributed by atoms with Crippen LogP contribution >= 0.6 is 0 Å². The number of hydrogen-bond acceptors (Lipinski definition) is 1. The van der Waals surface area contributed by atoms with Crippen molar-refractivity contribution in [2.75, 3.05) is 0 Å². The molecule has 1 rings (SSSR count). The van der Waals surface area contributed by atoms with Crippen molar-refractivity contribution in [2.45, 2.75) is 0 Å². The lowest BCUT2D eigenvalue weighted by atomic mass is 10.2. The molecule has 1 aromatic carbocycles. The molecule has 11 heavy (non-hydrogen) atoms. The molecule has 2 nitrogen and oxygen atoms in total. The molecule has 1 aromatic rings. The normalized spacial score (nSPS) is 10.2. The zero-order chi connectivity index (χ0) is 8.10. The third-order valence-corrected chi connectivity index (χ3v) is 1.22. The smallest absolute Gasteiger partial charge is 0.328 e. The summed E-state index contributed by atoms with van der Waals surface area (Å²) in [7, 11) is 0. The Kier molecular flexibility index (Phi) is 2.44. The van der Waals surface area contributed by atoms with Crippen molar-refractivity contribution in [1.82, 2.24) is 0 Å². The van der Waals surface area contributed by atoms with Gasteiger partial charge < -0.3 is 5.11 Å². The first-order valence-corrected chi connectivity index (χ1v) is 3.25. The zero-order valence-electron chi connectivity index (χ0n) is 5.90. The lowest BCUT2D eigenvalue weighted by molar-refractivity contribution is -0.131. The molecule has 0 aliphatic heterocycles. The Morgan fingerprint density at radius 2 is 1.91 bits per heavy atom. The molecule has 0 heterocycles. The number of rotatable bonds is 2. The minimum atomic E-state index is -0.922. The van der Waals surface area contributed by atoms with Gasteiger partial charge in [-0.1, -0.05) is 30.3 Å². The van der Waals surface area contributed by atoms with E-state index in [0.717, 1.165) is 11.6 Å². The Morgan fingerprint density at radius 1 is 1.27 bits per heavy atom. The topological polar surface area (TPSA) is 37.3 Å². The summed E-state index contributed by atoms with van der Waals surface area (Å²) in [6.45, 7) is 0. The van der Waals surface area contributed by atoms with Gasteiger partial charge in [0.2, 0.25) is 0 Å². The van der Waals surface area contributed by atoms with E-state index in [9.17, 15) is 4.79 Å². The van der Waals surface area contributed by atoms with Crippen molar-refractivity contribution >= 4 is 12.0 Å². The van der Waals surface area contributed by atoms with Gasteiger partial charge in [-0.3, -0.25) is 0 Å². The van der Waals surface area contributed by atoms with Crippen LogP contribution in [0.2, 0.25) is 0 Å². The molecule has 0 aliphatic carbocycles. The van der Waals surface area contributed by atoms with Gasteiger partial charge in [-0.15, -0.1) is 0 Å². The summed E-state index contributed by atoms with van der Waals surface area (Å²) in [5.41, 5.74) is 0.898. The van der Waals surface area contributed by atoms with Crippen LogP contribution in [0.15, 0.2) is 36.4 Å². The quantitative estimate of drug-likeness (QED) is 0.514. The molecular formula is C9H8O2. The lowest BCUT2D eigenvalue weighted by Gasteiger charge is -1.87. The van der Waals surface area contributed by atoms with Gasteiger partial charge in [0.15, 0.2) is 0 Å². The zero-order valence-corrected chi connectivity index (χ0v) is 5.90. The summed E-state index contributed by atoms with van der Waals surface area (Å²) in [5.74, 6) is -0.922. The second-order valence-corrected chi connectivity index (χ2v) is 2.08. The molecule has 0 fully saturated rings. The first-order valence-electron chi connectivity index (χ1n) is 3.25. The summed E-state index contributed by atoms with van der Waals surface area (Å²) < 4.78 is 0. The van der Waals surface area contributed by atoms with Crippen LogP contribution in [0.1, 0.15) is 5.56 Å². The summed E-state index contributed by atoms with van der Waals surface area (Å²) in [6.07, 6.45) is 2.68. The molecule has 1 N–H and O–H groups in total. The van der Waals surface area contributed by atoms with Gasteiger partial charge in [0.1, 0.15) is 0 Å². The molecule has 0 unspecified atom stereocenters. The van der Waals surface area contributed by atoms with E-state index in [1.165, 1.54) is 0 Å². The van der Waals surface area contributed by atoms with Crippen LogP contribution in [0.25, 0.3) is 6.08 Å². The Bertz CT molecular complexity index is 262. The highest BCUT2D eigenvalue weighted by molar-refractivity contribution is 5.85. The number of hydrogen-bond donors (Lipinski definition) is 1. The SMILES string of the molecule is O=C(O)/[13CH]=C/c1ccccc1. The molecular weight excluding hydrogens is 141 g/mol. The third-order valence-electron chi connectivity index (χ3n) is 1.22. The average Bonchev–Trinajstić information content (AvgIpc) is 2.03. The van der Waals surface area contributed by atoms with E-state index >= 15 is 0 Å². The lowest BCUT2D eigenvalue weighted by Crippen LogP contribution is -1.85. The highest BCUT2D eigenvalue weighted by Gasteiger charge is 1.85. The number of carboxylic acids is 1. The third kappa shape index (κ3) is 2.67. The summed E-state index contributed by atoms with van der Waals surface area (Å²) >= 11 is 0. The van der Waals surface area contributed by atoms with Gasteiger partial charge in [0.25, 0.3) is 0 Å². The summed E-state index contributed by atoms with van der Waals surface area (Å²) in [6, 6.07) is 9.31. The predicted octanol–water partition coefficient (Wildman–Crippen LogP) is 1.78. The van der Waals surface area contributed by atoms with Crippen LogP contribution in [-0.2, 0) is 4.79 Å². The van der Waals surface area contributed by atoms with Crippen LogP contribution in [0.4, 0.5) is 0 Å². The first kappa shape index (κ1) is 7.54. The number of benzene rings is 1. The minimum Gasteiger partial charge on any atom is -0.478 e. The van der Waals surface area contributed by atoms with Crippen molar-refractivity contribution in [2.24, 2.45) is 0 Å². The fourth-order valence-corrected chi connectivity index (χ4v) is 0.732. The van der Waals surface area contributed by atoms with Gasteiger partial charge in [0.05, 0.1) is 0 Å². The maximum absolute atomic E-state index is 10.1. The van der Waals surface area contributed by atoms with E-state index in [-0.39, 0.29) is 0 Å². The van der Waals surface area contributed by atoms with Crippen molar-refractivity contribution in [3.63, 3.8) is 0 Å². The molecule has 0 amide bonds. The Labute approximate surface area is 64.8 Å². The van der Waals surface area contributed by atoms with Crippen molar-refractivity contribution in [3.8, 4) is 0 Å².